The molecular weight excluding hydrogens is 306 g/mol. The van der Waals surface area contributed by atoms with Crippen LogP contribution in [0.5, 0.6) is 0 Å². The third kappa shape index (κ3) is 2.98. The zero-order valence-electron chi connectivity index (χ0n) is 11.7. The van der Waals surface area contributed by atoms with Crippen molar-refractivity contribution in [1.82, 2.24) is 10.3 Å². The van der Waals surface area contributed by atoms with Crippen molar-refractivity contribution < 1.29 is 9.59 Å². The van der Waals surface area contributed by atoms with Gasteiger partial charge in [-0.25, -0.2) is 4.98 Å². The summed E-state index contributed by atoms with van der Waals surface area (Å²) in [6, 6.07) is 3.67. The number of thiazole rings is 1. The molecule has 0 spiro atoms. The van der Waals surface area contributed by atoms with Gasteiger partial charge in [-0.05, 0) is 32.4 Å². The lowest BCUT2D eigenvalue weighted by atomic mass is 10.2. The Morgan fingerprint density at radius 2 is 2.19 bits per heavy atom. The number of aryl methyl sites for hydroxylation is 2. The van der Waals surface area contributed by atoms with E-state index < -0.39 is 6.04 Å². The van der Waals surface area contributed by atoms with Crippen molar-refractivity contribution in [2.45, 2.75) is 32.7 Å². The topological polar surface area (TPSA) is 71.1 Å². The number of hydrogen-bond acceptors (Lipinski definition) is 5. The largest absolute Gasteiger partial charge is 0.344 e. The van der Waals surface area contributed by atoms with Crippen molar-refractivity contribution in [3.8, 4) is 10.6 Å². The summed E-state index contributed by atoms with van der Waals surface area (Å²) < 4.78 is 0. The van der Waals surface area contributed by atoms with E-state index in [9.17, 15) is 9.59 Å². The lowest BCUT2D eigenvalue weighted by molar-refractivity contribution is -0.122. The highest BCUT2D eigenvalue weighted by molar-refractivity contribution is 7.18. The van der Waals surface area contributed by atoms with Crippen LogP contribution in [0.1, 0.15) is 22.6 Å². The Morgan fingerprint density at radius 3 is 2.81 bits per heavy atom. The molecule has 1 saturated heterocycles. The van der Waals surface area contributed by atoms with Crippen LogP contribution in [0.15, 0.2) is 12.1 Å². The van der Waals surface area contributed by atoms with E-state index in [1.54, 1.807) is 11.3 Å². The van der Waals surface area contributed by atoms with Gasteiger partial charge in [0.05, 0.1) is 10.6 Å². The second-order valence-corrected chi connectivity index (χ2v) is 7.47. The molecule has 5 nitrogen and oxygen atoms in total. The number of carbonyl (C=O) groups excluding carboxylic acids is 2. The average molecular weight is 321 g/mol. The van der Waals surface area contributed by atoms with Gasteiger partial charge in [-0.3, -0.25) is 9.59 Å². The predicted octanol–water partition coefficient (Wildman–Crippen LogP) is 2.71. The van der Waals surface area contributed by atoms with E-state index in [0.29, 0.717) is 18.0 Å². The molecule has 3 heterocycles. The first-order valence-electron chi connectivity index (χ1n) is 6.67. The normalized spacial score (nSPS) is 17.8. The van der Waals surface area contributed by atoms with Crippen LogP contribution in [-0.4, -0.2) is 22.8 Å². The quantitative estimate of drug-likeness (QED) is 0.913. The number of nitrogens with one attached hydrogen (secondary N) is 2. The molecule has 0 aliphatic carbocycles. The lowest BCUT2D eigenvalue weighted by Crippen LogP contribution is -2.37. The molecule has 0 unspecified atom stereocenters. The first kappa shape index (κ1) is 14.2. The second kappa shape index (κ2) is 5.57. The van der Waals surface area contributed by atoms with E-state index >= 15 is 0 Å². The number of nitrogens with zero attached hydrogens (tertiary/aromatic N) is 1. The predicted molar refractivity (Wildman–Crippen MR) is 84.7 cm³/mol. The maximum Gasteiger partial charge on any atom is 0.248 e. The van der Waals surface area contributed by atoms with Crippen molar-refractivity contribution >= 4 is 39.6 Å². The number of aromatic nitrogens is 1. The first-order chi connectivity index (χ1) is 10.0. The summed E-state index contributed by atoms with van der Waals surface area (Å²) in [6.45, 7) is 4.05. The molecule has 1 fully saturated rings. The van der Waals surface area contributed by atoms with Gasteiger partial charge in [-0.15, -0.1) is 22.7 Å². The molecular formula is C14H15N3O2S2. The molecule has 2 aromatic rings. The van der Waals surface area contributed by atoms with Crippen LogP contribution in [0.4, 0.5) is 5.13 Å². The fourth-order valence-corrected chi connectivity index (χ4v) is 4.05. The number of thiophene rings is 1. The Balaban J connectivity index is 1.75. The molecule has 21 heavy (non-hydrogen) atoms. The van der Waals surface area contributed by atoms with Crippen molar-refractivity contribution in [3.63, 3.8) is 0 Å². The van der Waals surface area contributed by atoms with Gasteiger partial charge in [0.15, 0.2) is 5.13 Å². The summed E-state index contributed by atoms with van der Waals surface area (Å²) >= 11 is 3.14. The zero-order chi connectivity index (χ0) is 15.0. The van der Waals surface area contributed by atoms with Crippen LogP contribution >= 0.6 is 22.7 Å². The van der Waals surface area contributed by atoms with E-state index in [2.05, 4.69) is 28.6 Å². The van der Waals surface area contributed by atoms with Crippen molar-refractivity contribution in [1.29, 1.82) is 0 Å². The number of amides is 2. The van der Waals surface area contributed by atoms with Crippen molar-refractivity contribution in [2.24, 2.45) is 0 Å². The van der Waals surface area contributed by atoms with Crippen molar-refractivity contribution in [3.05, 3.63) is 21.9 Å². The molecule has 1 atom stereocenters. The van der Waals surface area contributed by atoms with E-state index in [4.69, 9.17) is 0 Å². The third-order valence-electron chi connectivity index (χ3n) is 3.31. The Labute approximate surface area is 130 Å². The fourth-order valence-electron chi connectivity index (χ4n) is 2.24. The van der Waals surface area contributed by atoms with Crippen LogP contribution in [0.2, 0.25) is 0 Å². The number of hydrogen-bond donors (Lipinski definition) is 2. The minimum Gasteiger partial charge on any atom is -0.344 e. The first-order valence-corrected chi connectivity index (χ1v) is 8.30. The molecule has 0 bridgehead atoms. The van der Waals surface area contributed by atoms with E-state index in [-0.39, 0.29) is 11.8 Å². The fraction of sp³-hybridized carbons (Fsp3) is 0.357. The summed E-state index contributed by atoms with van der Waals surface area (Å²) in [7, 11) is 0. The molecule has 3 rings (SSSR count). The maximum absolute atomic E-state index is 12.1. The zero-order valence-corrected chi connectivity index (χ0v) is 13.4. The van der Waals surface area contributed by atoms with E-state index in [1.807, 2.05) is 13.0 Å². The van der Waals surface area contributed by atoms with E-state index in [1.165, 1.54) is 16.2 Å². The monoisotopic (exact) mass is 321 g/mol. The van der Waals surface area contributed by atoms with Crippen LogP contribution < -0.4 is 10.6 Å². The highest BCUT2D eigenvalue weighted by Gasteiger charge is 2.27. The summed E-state index contributed by atoms with van der Waals surface area (Å²) in [6.07, 6.45) is 0.959. The molecule has 2 amide bonds. The summed E-state index contributed by atoms with van der Waals surface area (Å²) in [5, 5.41) is 6.04. The molecule has 1 aliphatic rings. The van der Waals surface area contributed by atoms with Gasteiger partial charge in [0.25, 0.3) is 0 Å². The van der Waals surface area contributed by atoms with Gasteiger partial charge in [-0.1, -0.05) is 0 Å². The Bertz CT molecular complexity index is 705. The van der Waals surface area contributed by atoms with Gasteiger partial charge in [0.1, 0.15) is 6.04 Å². The smallest absolute Gasteiger partial charge is 0.248 e. The highest BCUT2D eigenvalue weighted by atomic mass is 32.1. The van der Waals surface area contributed by atoms with Crippen LogP contribution in [0.3, 0.4) is 0 Å². The Morgan fingerprint density at radius 1 is 1.38 bits per heavy atom. The van der Waals surface area contributed by atoms with Crippen LogP contribution in [0.25, 0.3) is 10.6 Å². The molecule has 110 valence electrons. The molecule has 7 heteroatoms. The number of anilines is 1. The summed E-state index contributed by atoms with van der Waals surface area (Å²) in [5.41, 5.74) is 0.920. The van der Waals surface area contributed by atoms with Gasteiger partial charge < -0.3 is 10.6 Å². The standard InChI is InChI=1S/C14H15N3O2S2/c1-7-3-5-10(20-7)12-8(2)21-14(16-12)17-13(19)9-4-6-11(18)15-9/h3,5,9H,4,6H2,1-2H3,(H,15,18)(H,16,17,19)/t9-/m0/s1. The van der Waals surface area contributed by atoms with Gasteiger partial charge in [-0.2, -0.15) is 0 Å². The minimum atomic E-state index is -0.436. The maximum atomic E-state index is 12.1. The van der Waals surface area contributed by atoms with Gasteiger partial charge in [0, 0.05) is 16.2 Å². The van der Waals surface area contributed by atoms with E-state index in [0.717, 1.165) is 15.4 Å². The lowest BCUT2D eigenvalue weighted by Gasteiger charge is -2.08. The number of carbonyl (C=O) groups is 2. The number of rotatable bonds is 3. The SMILES string of the molecule is Cc1ccc(-c2nc(NC(=O)[C@@H]3CCC(=O)N3)sc2C)s1. The molecule has 0 saturated carbocycles. The second-order valence-electron chi connectivity index (χ2n) is 4.98. The Hall–Kier alpha value is -1.73. The van der Waals surface area contributed by atoms with Gasteiger partial charge in [0.2, 0.25) is 11.8 Å². The summed E-state index contributed by atoms with van der Waals surface area (Å²) in [4.78, 5) is 31.1. The molecule has 0 aromatic carbocycles. The average Bonchev–Trinajstić information content (AvgIpc) is 3.11. The third-order valence-corrected chi connectivity index (χ3v) is 5.21. The van der Waals surface area contributed by atoms with Crippen LogP contribution in [-0.2, 0) is 9.59 Å². The molecule has 0 radical (unpaired) electrons. The Kier molecular flexibility index (Phi) is 3.77. The molecule has 2 aromatic heterocycles. The summed E-state index contributed by atoms with van der Waals surface area (Å²) in [5.74, 6) is -0.260. The highest BCUT2D eigenvalue weighted by Crippen LogP contribution is 2.34. The van der Waals surface area contributed by atoms with Gasteiger partial charge >= 0.3 is 0 Å². The molecule has 2 N–H and O–H groups in total. The van der Waals surface area contributed by atoms with Crippen LogP contribution in [0, 0.1) is 13.8 Å². The minimum absolute atomic E-state index is 0.0692. The molecule has 1 aliphatic heterocycles. The van der Waals surface area contributed by atoms with Crippen molar-refractivity contribution in [2.75, 3.05) is 5.32 Å².